The van der Waals surface area contributed by atoms with Gasteiger partial charge in [-0.2, -0.15) is 0 Å². The zero-order chi connectivity index (χ0) is 11.4. The third kappa shape index (κ3) is 3.05. The van der Waals surface area contributed by atoms with Gasteiger partial charge in [0.05, 0.1) is 12.7 Å². The Hall–Kier alpha value is -0.860. The molecule has 2 atom stereocenters. The normalized spacial score (nSPS) is 15.0. The van der Waals surface area contributed by atoms with Crippen LogP contribution in [0, 0.1) is 19.8 Å². The van der Waals surface area contributed by atoms with Crippen molar-refractivity contribution in [2.45, 2.75) is 26.9 Å². The molecule has 2 unspecified atom stereocenters. The van der Waals surface area contributed by atoms with Crippen molar-refractivity contribution in [1.82, 2.24) is 0 Å². The van der Waals surface area contributed by atoms with E-state index < -0.39 is 6.10 Å². The monoisotopic (exact) mass is 208 g/mol. The summed E-state index contributed by atoms with van der Waals surface area (Å²) in [5, 5.41) is 10.1. The van der Waals surface area contributed by atoms with Crippen LogP contribution in [0.2, 0.25) is 0 Å². The van der Waals surface area contributed by atoms with E-state index in [0.29, 0.717) is 6.61 Å². The molecular weight excluding hydrogens is 188 g/mol. The quantitative estimate of drug-likeness (QED) is 0.824. The lowest BCUT2D eigenvalue weighted by atomic mass is 9.93. The molecule has 15 heavy (non-hydrogen) atoms. The highest BCUT2D eigenvalue weighted by atomic mass is 16.5. The Morgan fingerprint density at radius 3 is 2.53 bits per heavy atom. The number of hydrogen-bond donors (Lipinski definition) is 1. The second kappa shape index (κ2) is 5.29. The number of methoxy groups -OCH3 is 1. The molecule has 0 aliphatic carbocycles. The van der Waals surface area contributed by atoms with Crippen LogP contribution in [-0.4, -0.2) is 18.8 Å². The molecule has 0 bridgehead atoms. The zero-order valence-electron chi connectivity index (χ0n) is 9.95. The van der Waals surface area contributed by atoms with E-state index in [1.54, 1.807) is 7.11 Å². The SMILES string of the molecule is COCC(C)C(O)c1ccc(C)cc1C. The molecule has 1 aromatic carbocycles. The van der Waals surface area contributed by atoms with Crippen molar-refractivity contribution in [2.75, 3.05) is 13.7 Å². The molecule has 0 amide bonds. The Morgan fingerprint density at radius 2 is 2.00 bits per heavy atom. The highest BCUT2D eigenvalue weighted by molar-refractivity contribution is 5.32. The van der Waals surface area contributed by atoms with Crippen molar-refractivity contribution < 1.29 is 9.84 Å². The largest absolute Gasteiger partial charge is 0.388 e. The maximum absolute atomic E-state index is 10.1. The molecule has 1 aromatic rings. The molecule has 0 aliphatic rings. The van der Waals surface area contributed by atoms with E-state index >= 15 is 0 Å². The molecule has 0 saturated heterocycles. The topological polar surface area (TPSA) is 29.5 Å². The highest BCUT2D eigenvalue weighted by Crippen LogP contribution is 2.25. The van der Waals surface area contributed by atoms with Gasteiger partial charge in [-0.3, -0.25) is 0 Å². The number of benzene rings is 1. The van der Waals surface area contributed by atoms with Gasteiger partial charge in [-0.15, -0.1) is 0 Å². The van der Waals surface area contributed by atoms with Crippen LogP contribution in [0.5, 0.6) is 0 Å². The predicted octanol–water partition coefficient (Wildman–Crippen LogP) is 2.62. The fourth-order valence-electron chi connectivity index (χ4n) is 1.82. The molecule has 0 fully saturated rings. The molecule has 0 aliphatic heterocycles. The minimum absolute atomic E-state index is 0.122. The van der Waals surface area contributed by atoms with E-state index in [1.165, 1.54) is 5.56 Å². The molecular formula is C13H20O2. The van der Waals surface area contributed by atoms with Crippen LogP contribution in [0.4, 0.5) is 0 Å². The lowest BCUT2D eigenvalue weighted by Gasteiger charge is -2.20. The third-order valence-electron chi connectivity index (χ3n) is 2.71. The number of aliphatic hydroxyl groups excluding tert-OH is 1. The lowest BCUT2D eigenvalue weighted by Crippen LogP contribution is -2.15. The third-order valence-corrected chi connectivity index (χ3v) is 2.71. The van der Waals surface area contributed by atoms with Crippen molar-refractivity contribution in [3.63, 3.8) is 0 Å². The highest BCUT2D eigenvalue weighted by Gasteiger charge is 2.17. The summed E-state index contributed by atoms with van der Waals surface area (Å²) in [5.41, 5.74) is 3.37. The molecule has 0 aromatic heterocycles. The average molecular weight is 208 g/mol. The summed E-state index contributed by atoms with van der Waals surface area (Å²) in [7, 11) is 1.66. The predicted molar refractivity (Wildman–Crippen MR) is 61.9 cm³/mol. The Bertz CT molecular complexity index is 320. The minimum Gasteiger partial charge on any atom is -0.388 e. The fraction of sp³-hybridized carbons (Fsp3) is 0.538. The molecule has 0 saturated carbocycles. The van der Waals surface area contributed by atoms with Crippen LogP contribution in [0.15, 0.2) is 18.2 Å². The molecule has 1 rings (SSSR count). The van der Waals surface area contributed by atoms with E-state index in [9.17, 15) is 5.11 Å². The van der Waals surface area contributed by atoms with Crippen LogP contribution >= 0.6 is 0 Å². The lowest BCUT2D eigenvalue weighted by molar-refractivity contribution is 0.0563. The fourth-order valence-corrected chi connectivity index (χ4v) is 1.82. The van der Waals surface area contributed by atoms with Gasteiger partial charge in [-0.05, 0) is 25.0 Å². The standard InChI is InChI=1S/C13H20O2/c1-9-5-6-12(10(2)7-9)13(14)11(3)8-15-4/h5-7,11,13-14H,8H2,1-4H3. The van der Waals surface area contributed by atoms with Crippen molar-refractivity contribution >= 4 is 0 Å². The second-order valence-electron chi connectivity index (χ2n) is 4.24. The summed E-state index contributed by atoms with van der Waals surface area (Å²) in [6.07, 6.45) is -0.439. The molecule has 0 heterocycles. The van der Waals surface area contributed by atoms with Gasteiger partial charge < -0.3 is 9.84 Å². The number of hydrogen-bond acceptors (Lipinski definition) is 2. The summed E-state index contributed by atoms with van der Waals surface area (Å²) >= 11 is 0. The van der Waals surface area contributed by atoms with Crippen LogP contribution in [-0.2, 0) is 4.74 Å². The van der Waals surface area contributed by atoms with Gasteiger partial charge in [-0.25, -0.2) is 0 Å². The molecule has 1 N–H and O–H groups in total. The minimum atomic E-state index is -0.439. The van der Waals surface area contributed by atoms with E-state index in [0.717, 1.165) is 11.1 Å². The summed E-state index contributed by atoms with van der Waals surface area (Å²) in [5.74, 6) is 0.122. The summed E-state index contributed by atoms with van der Waals surface area (Å²) < 4.78 is 5.05. The molecule has 2 nitrogen and oxygen atoms in total. The molecule has 0 spiro atoms. The van der Waals surface area contributed by atoms with Crippen molar-refractivity contribution in [2.24, 2.45) is 5.92 Å². The number of ether oxygens (including phenoxy) is 1. The zero-order valence-corrected chi connectivity index (χ0v) is 9.95. The van der Waals surface area contributed by atoms with Crippen LogP contribution in [0.1, 0.15) is 29.7 Å². The molecule has 0 radical (unpaired) electrons. The number of rotatable bonds is 4. The Balaban J connectivity index is 2.86. The van der Waals surface area contributed by atoms with Crippen LogP contribution in [0.3, 0.4) is 0 Å². The Labute approximate surface area is 91.9 Å². The summed E-state index contributed by atoms with van der Waals surface area (Å²) in [6, 6.07) is 6.13. The first kappa shape index (κ1) is 12.2. The van der Waals surface area contributed by atoms with E-state index in [2.05, 4.69) is 13.0 Å². The van der Waals surface area contributed by atoms with E-state index in [-0.39, 0.29) is 5.92 Å². The van der Waals surface area contributed by atoms with Crippen LogP contribution < -0.4 is 0 Å². The maximum atomic E-state index is 10.1. The summed E-state index contributed by atoms with van der Waals surface area (Å²) in [4.78, 5) is 0. The molecule has 84 valence electrons. The van der Waals surface area contributed by atoms with Gasteiger partial charge in [0.1, 0.15) is 0 Å². The van der Waals surface area contributed by atoms with Gasteiger partial charge in [0.15, 0.2) is 0 Å². The number of aliphatic hydroxyl groups is 1. The van der Waals surface area contributed by atoms with Gasteiger partial charge in [0, 0.05) is 13.0 Å². The first-order valence-electron chi connectivity index (χ1n) is 5.30. The molecule has 2 heteroatoms. The summed E-state index contributed by atoms with van der Waals surface area (Å²) in [6.45, 7) is 6.66. The van der Waals surface area contributed by atoms with Crippen molar-refractivity contribution in [3.8, 4) is 0 Å². The van der Waals surface area contributed by atoms with Crippen LogP contribution in [0.25, 0.3) is 0 Å². The van der Waals surface area contributed by atoms with Crippen molar-refractivity contribution in [1.29, 1.82) is 0 Å². The van der Waals surface area contributed by atoms with Crippen molar-refractivity contribution in [3.05, 3.63) is 34.9 Å². The maximum Gasteiger partial charge on any atom is 0.0840 e. The first-order chi connectivity index (χ1) is 7.06. The van der Waals surface area contributed by atoms with Gasteiger partial charge in [0.25, 0.3) is 0 Å². The number of aryl methyl sites for hydroxylation is 2. The van der Waals surface area contributed by atoms with E-state index in [4.69, 9.17) is 4.74 Å². The Morgan fingerprint density at radius 1 is 1.33 bits per heavy atom. The van der Waals surface area contributed by atoms with Gasteiger partial charge in [-0.1, -0.05) is 30.7 Å². The van der Waals surface area contributed by atoms with E-state index in [1.807, 2.05) is 26.0 Å². The smallest absolute Gasteiger partial charge is 0.0840 e. The Kier molecular flexibility index (Phi) is 4.30. The van der Waals surface area contributed by atoms with Gasteiger partial charge >= 0.3 is 0 Å². The second-order valence-corrected chi connectivity index (χ2v) is 4.24. The average Bonchev–Trinajstić information content (AvgIpc) is 2.17. The first-order valence-corrected chi connectivity index (χ1v) is 5.30. The van der Waals surface area contributed by atoms with Gasteiger partial charge in [0.2, 0.25) is 0 Å².